The third kappa shape index (κ3) is 5.50. The van der Waals surface area contributed by atoms with Crippen LogP contribution in [-0.4, -0.2) is 48.6 Å². The third-order valence-electron chi connectivity index (χ3n) is 7.03. The average Bonchev–Trinajstić information content (AvgIpc) is 3.54. The number of ether oxygens (including phenoxy) is 3. The second-order valence-corrected chi connectivity index (χ2v) is 9.71. The zero-order chi connectivity index (χ0) is 28.9. The number of para-hydroxylation sites is 1. The van der Waals surface area contributed by atoms with Gasteiger partial charge in [0.05, 0.1) is 31.9 Å². The van der Waals surface area contributed by atoms with Crippen LogP contribution < -0.4 is 14.2 Å². The molecule has 0 saturated heterocycles. The maximum atomic E-state index is 14.0. The monoisotopic (exact) mass is 555 g/mol. The van der Waals surface area contributed by atoms with Crippen LogP contribution in [0.1, 0.15) is 48.0 Å². The molecule has 8 heteroatoms. The zero-order valence-electron chi connectivity index (χ0n) is 23.4. The summed E-state index contributed by atoms with van der Waals surface area (Å²) in [6.07, 6.45) is 1.37. The summed E-state index contributed by atoms with van der Waals surface area (Å²) in [7, 11) is 1.52. The molecule has 0 spiro atoms. The first kappa shape index (κ1) is 27.8. The van der Waals surface area contributed by atoms with Crippen LogP contribution in [0.5, 0.6) is 17.2 Å². The number of aliphatic hydroxyl groups is 1. The molecule has 0 radical (unpaired) electrons. The molecular formula is C33H33NO7. The number of hydrogen-bond donors (Lipinski definition) is 1. The molecule has 1 unspecified atom stereocenters. The van der Waals surface area contributed by atoms with E-state index in [1.54, 1.807) is 42.5 Å². The van der Waals surface area contributed by atoms with E-state index in [1.807, 2.05) is 44.2 Å². The fourth-order valence-corrected chi connectivity index (χ4v) is 5.09. The number of hydrogen-bond acceptors (Lipinski definition) is 7. The molecule has 0 fully saturated rings. The van der Waals surface area contributed by atoms with E-state index >= 15 is 0 Å². The standard InChI is InChI=1S/C33H33NO7/c1-4-18-40-24-15-14-22(19-26(24)39-5-2)29-28(30(35)27-20-23-12-9-13-25(38-3)32(23)41-27)31(36)33(37)34(29)17-16-21-10-7-6-8-11-21/h6-15,19-20,29,36H,4-5,16-18H2,1-3H3. The lowest BCUT2D eigenvalue weighted by Gasteiger charge is -2.27. The molecule has 8 nitrogen and oxygen atoms in total. The zero-order valence-corrected chi connectivity index (χ0v) is 23.4. The Hall–Kier alpha value is -4.72. The Morgan fingerprint density at radius 1 is 0.951 bits per heavy atom. The number of benzene rings is 3. The highest BCUT2D eigenvalue weighted by atomic mass is 16.5. The summed E-state index contributed by atoms with van der Waals surface area (Å²) in [5.74, 6) is -0.236. The fourth-order valence-electron chi connectivity index (χ4n) is 5.09. The second kappa shape index (κ2) is 12.2. The van der Waals surface area contributed by atoms with E-state index in [2.05, 4.69) is 0 Å². The van der Waals surface area contributed by atoms with Gasteiger partial charge in [0.2, 0.25) is 5.78 Å². The van der Waals surface area contributed by atoms with E-state index < -0.39 is 23.5 Å². The van der Waals surface area contributed by atoms with Gasteiger partial charge in [-0.25, -0.2) is 0 Å². The van der Waals surface area contributed by atoms with Gasteiger partial charge in [0.1, 0.15) is 0 Å². The Morgan fingerprint density at radius 3 is 2.49 bits per heavy atom. The molecule has 0 aliphatic carbocycles. The Labute approximate surface area is 238 Å². The van der Waals surface area contributed by atoms with Crippen LogP contribution in [0.4, 0.5) is 0 Å². The van der Waals surface area contributed by atoms with Crippen LogP contribution in [0.2, 0.25) is 0 Å². The van der Waals surface area contributed by atoms with Crippen molar-refractivity contribution in [1.29, 1.82) is 0 Å². The summed E-state index contributed by atoms with van der Waals surface area (Å²) in [6, 6.07) is 21.2. The first-order valence-electron chi connectivity index (χ1n) is 13.8. The van der Waals surface area contributed by atoms with Gasteiger partial charge in [0.15, 0.2) is 34.4 Å². The van der Waals surface area contributed by atoms with Gasteiger partial charge in [-0.05, 0) is 55.2 Å². The van der Waals surface area contributed by atoms with E-state index in [1.165, 1.54) is 12.0 Å². The van der Waals surface area contributed by atoms with Crippen molar-refractivity contribution in [2.24, 2.45) is 0 Å². The summed E-state index contributed by atoms with van der Waals surface area (Å²) in [4.78, 5) is 29.0. The smallest absolute Gasteiger partial charge is 0.290 e. The lowest BCUT2D eigenvalue weighted by Crippen LogP contribution is -2.33. The molecule has 1 aliphatic rings. The highest BCUT2D eigenvalue weighted by Gasteiger charge is 2.44. The fraction of sp³-hybridized carbons (Fsp3) is 0.273. The van der Waals surface area contributed by atoms with Crippen LogP contribution >= 0.6 is 0 Å². The van der Waals surface area contributed by atoms with E-state index in [0.29, 0.717) is 53.4 Å². The molecule has 1 atom stereocenters. The van der Waals surface area contributed by atoms with Crippen molar-refractivity contribution in [2.45, 2.75) is 32.7 Å². The van der Waals surface area contributed by atoms with Crippen molar-refractivity contribution in [1.82, 2.24) is 4.90 Å². The predicted molar refractivity (Wildman–Crippen MR) is 155 cm³/mol. The maximum Gasteiger partial charge on any atom is 0.290 e. The van der Waals surface area contributed by atoms with E-state index in [-0.39, 0.29) is 17.9 Å². The van der Waals surface area contributed by atoms with Crippen molar-refractivity contribution in [3.8, 4) is 17.2 Å². The van der Waals surface area contributed by atoms with Crippen LogP contribution in [0, 0.1) is 0 Å². The molecule has 3 aromatic carbocycles. The molecule has 4 aromatic rings. The molecule has 1 amide bonds. The van der Waals surface area contributed by atoms with Gasteiger partial charge in [0.25, 0.3) is 5.91 Å². The molecule has 0 saturated carbocycles. The van der Waals surface area contributed by atoms with Gasteiger partial charge in [-0.1, -0.05) is 55.5 Å². The summed E-state index contributed by atoms with van der Waals surface area (Å²) < 4.78 is 23.1. The number of Topliss-reactive ketones (excluding diaryl/α,β-unsaturated/α-hetero) is 1. The van der Waals surface area contributed by atoms with Crippen molar-refractivity contribution in [2.75, 3.05) is 26.9 Å². The van der Waals surface area contributed by atoms with Crippen molar-refractivity contribution >= 4 is 22.7 Å². The van der Waals surface area contributed by atoms with Gasteiger partial charge in [-0.2, -0.15) is 0 Å². The highest BCUT2D eigenvalue weighted by molar-refractivity contribution is 6.16. The minimum Gasteiger partial charge on any atom is -0.503 e. The molecule has 212 valence electrons. The third-order valence-corrected chi connectivity index (χ3v) is 7.03. The van der Waals surface area contributed by atoms with Crippen LogP contribution in [-0.2, 0) is 11.2 Å². The minimum atomic E-state index is -0.867. The Balaban J connectivity index is 1.58. The van der Waals surface area contributed by atoms with Crippen LogP contribution in [0.25, 0.3) is 11.0 Å². The Morgan fingerprint density at radius 2 is 1.76 bits per heavy atom. The summed E-state index contributed by atoms with van der Waals surface area (Å²) in [6.45, 7) is 5.09. The number of rotatable bonds is 12. The molecule has 2 heterocycles. The number of fused-ring (bicyclic) bond motifs is 1. The first-order chi connectivity index (χ1) is 20.0. The maximum absolute atomic E-state index is 14.0. The largest absolute Gasteiger partial charge is 0.503 e. The predicted octanol–water partition coefficient (Wildman–Crippen LogP) is 6.45. The number of furan rings is 1. The normalized spacial score (nSPS) is 15.0. The van der Waals surface area contributed by atoms with Crippen molar-refractivity contribution < 1.29 is 33.3 Å². The number of aliphatic hydroxyl groups excluding tert-OH is 1. The molecule has 5 rings (SSSR count). The Bertz CT molecular complexity index is 1590. The number of amides is 1. The average molecular weight is 556 g/mol. The van der Waals surface area contributed by atoms with Gasteiger partial charge in [-0.15, -0.1) is 0 Å². The van der Waals surface area contributed by atoms with E-state index in [4.69, 9.17) is 18.6 Å². The highest BCUT2D eigenvalue weighted by Crippen LogP contribution is 2.42. The lowest BCUT2D eigenvalue weighted by molar-refractivity contribution is -0.129. The number of nitrogens with zero attached hydrogens (tertiary/aromatic N) is 1. The second-order valence-electron chi connectivity index (χ2n) is 9.71. The quantitative estimate of drug-likeness (QED) is 0.201. The number of carbonyl (C=O) groups is 2. The molecular weight excluding hydrogens is 522 g/mol. The minimum absolute atomic E-state index is 0.00157. The van der Waals surface area contributed by atoms with E-state index in [0.717, 1.165) is 12.0 Å². The van der Waals surface area contributed by atoms with Crippen LogP contribution in [0.3, 0.4) is 0 Å². The van der Waals surface area contributed by atoms with Gasteiger partial charge in [0, 0.05) is 11.9 Å². The SMILES string of the molecule is CCCOc1ccc(C2C(C(=O)c3cc4cccc(OC)c4o3)=C(O)C(=O)N2CCc2ccccc2)cc1OCC. The van der Waals surface area contributed by atoms with Gasteiger partial charge in [-0.3, -0.25) is 9.59 Å². The molecule has 1 N–H and O–H groups in total. The molecule has 0 bridgehead atoms. The molecule has 1 aromatic heterocycles. The lowest BCUT2D eigenvalue weighted by atomic mass is 9.94. The van der Waals surface area contributed by atoms with Gasteiger partial charge >= 0.3 is 0 Å². The van der Waals surface area contributed by atoms with Crippen molar-refractivity contribution in [3.63, 3.8) is 0 Å². The van der Waals surface area contributed by atoms with Crippen LogP contribution in [0.15, 0.2) is 88.5 Å². The number of methoxy groups -OCH3 is 1. The number of ketones is 1. The topological polar surface area (TPSA) is 98.4 Å². The van der Waals surface area contributed by atoms with Crippen molar-refractivity contribution in [3.05, 3.63) is 101 Å². The Kier molecular flexibility index (Phi) is 8.29. The summed E-state index contributed by atoms with van der Waals surface area (Å²) in [5, 5.41) is 11.8. The summed E-state index contributed by atoms with van der Waals surface area (Å²) in [5.41, 5.74) is 2.00. The van der Waals surface area contributed by atoms with E-state index in [9.17, 15) is 14.7 Å². The van der Waals surface area contributed by atoms with Gasteiger partial charge < -0.3 is 28.6 Å². The molecule has 41 heavy (non-hydrogen) atoms. The first-order valence-corrected chi connectivity index (χ1v) is 13.8. The summed E-state index contributed by atoms with van der Waals surface area (Å²) >= 11 is 0. The number of carbonyl (C=O) groups excluding carboxylic acids is 2. The molecule has 1 aliphatic heterocycles.